The molecule has 14 heavy (non-hydrogen) atoms. The molecule has 0 radical (unpaired) electrons. The van der Waals surface area contributed by atoms with Crippen molar-refractivity contribution in [1.29, 1.82) is 0 Å². The molecule has 0 bridgehead atoms. The predicted molar refractivity (Wildman–Crippen MR) is 56.8 cm³/mol. The van der Waals surface area contributed by atoms with Gasteiger partial charge in [-0.2, -0.15) is 0 Å². The minimum atomic E-state index is -0.134. The highest BCUT2D eigenvalue weighted by molar-refractivity contribution is 5.77. The topological polar surface area (TPSA) is 26.3 Å². The largest absolute Gasteiger partial charge is 0.466 e. The van der Waals surface area contributed by atoms with Crippen LogP contribution in [0.1, 0.15) is 27.7 Å². The third-order valence-corrected chi connectivity index (χ3v) is 2.61. The summed E-state index contributed by atoms with van der Waals surface area (Å²) in [6.07, 6.45) is 6.04. The Kier molecular flexibility index (Phi) is 3.14. The number of ether oxygens (including phenoxy) is 1. The van der Waals surface area contributed by atoms with Crippen molar-refractivity contribution in [2.24, 2.45) is 11.3 Å². The Morgan fingerprint density at radius 1 is 1.57 bits per heavy atom. The van der Waals surface area contributed by atoms with E-state index in [-0.39, 0.29) is 17.3 Å². The Balaban J connectivity index is 2.89. The van der Waals surface area contributed by atoms with Gasteiger partial charge in [-0.3, -0.25) is 4.79 Å². The average molecular weight is 194 g/mol. The predicted octanol–water partition coefficient (Wildman–Crippen LogP) is 2.71. The lowest BCUT2D eigenvalue weighted by Crippen LogP contribution is -2.33. The summed E-state index contributed by atoms with van der Waals surface area (Å²) in [7, 11) is 0. The van der Waals surface area contributed by atoms with Gasteiger partial charge in [0.15, 0.2) is 0 Å². The molecular formula is C12H18O2. The van der Waals surface area contributed by atoms with Gasteiger partial charge in [-0.15, -0.1) is 0 Å². The van der Waals surface area contributed by atoms with Crippen molar-refractivity contribution in [3.05, 3.63) is 23.8 Å². The summed E-state index contributed by atoms with van der Waals surface area (Å²) in [5.74, 6) is -0.247. The fourth-order valence-corrected chi connectivity index (χ4v) is 1.94. The molecule has 0 unspecified atom stereocenters. The summed E-state index contributed by atoms with van der Waals surface area (Å²) in [6.45, 7) is 8.38. The van der Waals surface area contributed by atoms with Gasteiger partial charge in [-0.05, 0) is 19.3 Å². The SMILES string of the molecule is CCOC(=O)[C@@H]1C(C)=CC=CC1(C)C. The maximum Gasteiger partial charge on any atom is 0.313 e. The maximum absolute atomic E-state index is 11.7. The van der Waals surface area contributed by atoms with Gasteiger partial charge in [0.25, 0.3) is 0 Å². The molecule has 0 aliphatic heterocycles. The first-order valence-electron chi connectivity index (χ1n) is 5.01. The monoisotopic (exact) mass is 194 g/mol. The number of hydrogen-bond donors (Lipinski definition) is 0. The Morgan fingerprint density at radius 2 is 2.21 bits per heavy atom. The van der Waals surface area contributed by atoms with E-state index in [4.69, 9.17) is 4.74 Å². The minimum Gasteiger partial charge on any atom is -0.466 e. The fraction of sp³-hybridized carbons (Fsp3) is 0.583. The first kappa shape index (κ1) is 11.0. The second-order valence-electron chi connectivity index (χ2n) is 4.28. The van der Waals surface area contributed by atoms with Crippen LogP contribution in [0.25, 0.3) is 0 Å². The van der Waals surface area contributed by atoms with Crippen LogP contribution in [0.3, 0.4) is 0 Å². The van der Waals surface area contributed by atoms with Crippen LogP contribution in [0.2, 0.25) is 0 Å². The van der Waals surface area contributed by atoms with Crippen LogP contribution in [0.15, 0.2) is 23.8 Å². The van der Waals surface area contributed by atoms with E-state index in [1.165, 1.54) is 0 Å². The molecule has 2 heteroatoms. The molecule has 0 aromatic rings. The number of carbonyl (C=O) groups is 1. The highest BCUT2D eigenvalue weighted by Crippen LogP contribution is 2.37. The van der Waals surface area contributed by atoms with E-state index in [1.54, 1.807) is 0 Å². The van der Waals surface area contributed by atoms with E-state index in [9.17, 15) is 4.79 Å². The highest BCUT2D eigenvalue weighted by atomic mass is 16.5. The number of rotatable bonds is 2. The molecule has 1 atom stereocenters. The average Bonchev–Trinajstić information content (AvgIpc) is 2.02. The van der Waals surface area contributed by atoms with Crippen molar-refractivity contribution < 1.29 is 9.53 Å². The van der Waals surface area contributed by atoms with Crippen LogP contribution < -0.4 is 0 Å². The lowest BCUT2D eigenvalue weighted by molar-refractivity contribution is -0.149. The Bertz CT molecular complexity index is 285. The minimum absolute atomic E-state index is 0.115. The van der Waals surface area contributed by atoms with Crippen LogP contribution in [0, 0.1) is 11.3 Å². The Hall–Kier alpha value is -1.05. The first-order valence-corrected chi connectivity index (χ1v) is 5.01. The van der Waals surface area contributed by atoms with E-state index in [0.717, 1.165) is 5.57 Å². The summed E-state index contributed by atoms with van der Waals surface area (Å²) < 4.78 is 5.07. The van der Waals surface area contributed by atoms with Crippen LogP contribution in [0.4, 0.5) is 0 Å². The zero-order chi connectivity index (χ0) is 10.8. The third-order valence-electron chi connectivity index (χ3n) is 2.61. The summed E-state index contributed by atoms with van der Waals surface area (Å²) in [5, 5.41) is 0. The van der Waals surface area contributed by atoms with E-state index >= 15 is 0 Å². The normalized spacial score (nSPS) is 24.3. The lowest BCUT2D eigenvalue weighted by atomic mass is 9.72. The summed E-state index contributed by atoms with van der Waals surface area (Å²) in [4.78, 5) is 11.7. The van der Waals surface area contributed by atoms with Gasteiger partial charge in [0, 0.05) is 0 Å². The van der Waals surface area contributed by atoms with Crippen molar-refractivity contribution in [3.8, 4) is 0 Å². The number of allylic oxidation sites excluding steroid dienone is 3. The Labute approximate surface area is 85.6 Å². The number of esters is 1. The standard InChI is InChI=1S/C12H18O2/c1-5-14-11(13)10-9(2)7-6-8-12(10,3)4/h6-8,10H,5H2,1-4H3/t10-/m0/s1. The number of hydrogen-bond acceptors (Lipinski definition) is 2. The quantitative estimate of drug-likeness (QED) is 0.632. The molecule has 0 aromatic carbocycles. The molecule has 1 rings (SSSR count). The third kappa shape index (κ3) is 2.06. The van der Waals surface area contributed by atoms with Gasteiger partial charge >= 0.3 is 5.97 Å². The van der Waals surface area contributed by atoms with Crippen molar-refractivity contribution in [2.75, 3.05) is 6.61 Å². The molecule has 0 heterocycles. The molecule has 0 saturated carbocycles. The van der Waals surface area contributed by atoms with Gasteiger partial charge in [-0.25, -0.2) is 0 Å². The second-order valence-corrected chi connectivity index (χ2v) is 4.28. The van der Waals surface area contributed by atoms with Gasteiger partial charge in [0.05, 0.1) is 12.5 Å². The van der Waals surface area contributed by atoms with Crippen molar-refractivity contribution >= 4 is 5.97 Å². The van der Waals surface area contributed by atoms with Crippen LogP contribution >= 0.6 is 0 Å². The molecule has 78 valence electrons. The molecule has 1 aliphatic carbocycles. The lowest BCUT2D eigenvalue weighted by Gasteiger charge is -2.32. The van der Waals surface area contributed by atoms with Crippen molar-refractivity contribution in [3.63, 3.8) is 0 Å². The molecule has 2 nitrogen and oxygen atoms in total. The van der Waals surface area contributed by atoms with E-state index < -0.39 is 0 Å². The van der Waals surface area contributed by atoms with Gasteiger partial charge in [0.1, 0.15) is 0 Å². The fourth-order valence-electron chi connectivity index (χ4n) is 1.94. The first-order chi connectivity index (χ1) is 6.49. The molecule has 0 amide bonds. The van der Waals surface area contributed by atoms with Gasteiger partial charge in [-0.1, -0.05) is 37.6 Å². The molecular weight excluding hydrogens is 176 g/mol. The van der Waals surface area contributed by atoms with E-state index in [0.29, 0.717) is 6.61 Å². The molecule has 0 saturated heterocycles. The van der Waals surface area contributed by atoms with Crippen LogP contribution in [-0.2, 0) is 9.53 Å². The van der Waals surface area contributed by atoms with E-state index in [2.05, 4.69) is 19.9 Å². The maximum atomic E-state index is 11.7. The molecule has 0 fully saturated rings. The molecule has 0 N–H and O–H groups in total. The number of carbonyl (C=O) groups excluding carboxylic acids is 1. The zero-order valence-electron chi connectivity index (χ0n) is 9.33. The van der Waals surface area contributed by atoms with E-state index in [1.807, 2.05) is 26.0 Å². The summed E-state index contributed by atoms with van der Waals surface area (Å²) in [6, 6.07) is 0. The smallest absolute Gasteiger partial charge is 0.313 e. The summed E-state index contributed by atoms with van der Waals surface area (Å²) in [5.41, 5.74) is 0.946. The highest BCUT2D eigenvalue weighted by Gasteiger charge is 2.36. The Morgan fingerprint density at radius 3 is 2.71 bits per heavy atom. The van der Waals surface area contributed by atoms with Crippen LogP contribution in [-0.4, -0.2) is 12.6 Å². The van der Waals surface area contributed by atoms with Gasteiger partial charge < -0.3 is 4.74 Å². The van der Waals surface area contributed by atoms with Crippen molar-refractivity contribution in [2.45, 2.75) is 27.7 Å². The molecule has 0 spiro atoms. The summed E-state index contributed by atoms with van der Waals surface area (Å²) >= 11 is 0. The zero-order valence-corrected chi connectivity index (χ0v) is 9.33. The molecule has 1 aliphatic rings. The second kappa shape index (κ2) is 3.99. The van der Waals surface area contributed by atoms with Crippen molar-refractivity contribution in [1.82, 2.24) is 0 Å². The molecule has 0 aromatic heterocycles. The van der Waals surface area contributed by atoms with Crippen LogP contribution in [0.5, 0.6) is 0 Å². The van der Waals surface area contributed by atoms with Gasteiger partial charge in [0.2, 0.25) is 0 Å².